The molecule has 1 saturated heterocycles. The van der Waals surface area contributed by atoms with Crippen molar-refractivity contribution in [3.63, 3.8) is 0 Å². The van der Waals surface area contributed by atoms with E-state index < -0.39 is 0 Å². The lowest BCUT2D eigenvalue weighted by atomic mass is 10.1. The number of halogens is 1. The van der Waals surface area contributed by atoms with Gasteiger partial charge in [0.1, 0.15) is 5.82 Å². The van der Waals surface area contributed by atoms with Crippen molar-refractivity contribution >= 4 is 17.4 Å². The van der Waals surface area contributed by atoms with E-state index in [9.17, 15) is 4.39 Å². The molecule has 0 radical (unpaired) electrons. The van der Waals surface area contributed by atoms with Crippen LogP contribution in [0, 0.1) is 12.7 Å². The third-order valence-electron chi connectivity index (χ3n) is 2.79. The molecule has 1 aliphatic rings. The van der Waals surface area contributed by atoms with Gasteiger partial charge in [-0.3, -0.25) is 0 Å². The van der Waals surface area contributed by atoms with Gasteiger partial charge in [0.15, 0.2) is 0 Å². The Labute approximate surface area is 94.5 Å². The summed E-state index contributed by atoms with van der Waals surface area (Å²) in [5, 5.41) is 3.43. The van der Waals surface area contributed by atoms with Crippen molar-refractivity contribution in [2.24, 2.45) is 0 Å². The topological polar surface area (TPSA) is 12.0 Å². The molecule has 1 aromatic rings. The average molecular weight is 225 g/mol. The van der Waals surface area contributed by atoms with Crippen LogP contribution in [-0.2, 0) is 0 Å². The van der Waals surface area contributed by atoms with E-state index in [0.29, 0.717) is 6.04 Å². The van der Waals surface area contributed by atoms with E-state index in [4.69, 9.17) is 0 Å². The summed E-state index contributed by atoms with van der Waals surface area (Å²) in [6, 6.07) is 5.73. The second-order valence-electron chi connectivity index (χ2n) is 3.97. The Morgan fingerprint density at radius 3 is 3.07 bits per heavy atom. The van der Waals surface area contributed by atoms with Crippen molar-refractivity contribution in [3.8, 4) is 0 Å². The lowest BCUT2D eigenvalue weighted by Crippen LogP contribution is -2.26. The summed E-state index contributed by atoms with van der Waals surface area (Å²) in [6.07, 6.45) is 2.46. The normalized spacial score (nSPS) is 21.3. The minimum Gasteiger partial charge on any atom is -0.381 e. The molecular formula is C12H16FNS. The van der Waals surface area contributed by atoms with Crippen LogP contribution in [0.25, 0.3) is 0 Å². The number of thioether (sulfide) groups is 1. The molecule has 1 N–H and O–H groups in total. The molecule has 0 amide bonds. The van der Waals surface area contributed by atoms with Gasteiger partial charge < -0.3 is 5.32 Å². The van der Waals surface area contributed by atoms with Crippen LogP contribution in [-0.4, -0.2) is 17.5 Å². The predicted octanol–water partition coefficient (Wildman–Crippen LogP) is 3.44. The van der Waals surface area contributed by atoms with E-state index in [1.165, 1.54) is 24.7 Å². The van der Waals surface area contributed by atoms with Crippen LogP contribution in [0.3, 0.4) is 0 Å². The minimum atomic E-state index is -0.122. The second-order valence-corrected chi connectivity index (χ2v) is 5.12. The summed E-state index contributed by atoms with van der Waals surface area (Å²) in [6.45, 7) is 1.83. The van der Waals surface area contributed by atoms with E-state index in [0.717, 1.165) is 17.0 Å². The molecule has 0 aliphatic carbocycles. The summed E-state index contributed by atoms with van der Waals surface area (Å²) < 4.78 is 13.3. The van der Waals surface area contributed by atoms with Crippen LogP contribution in [0.2, 0.25) is 0 Å². The molecule has 0 spiro atoms. The first kappa shape index (κ1) is 10.8. The van der Waals surface area contributed by atoms with Gasteiger partial charge in [-0.2, -0.15) is 11.8 Å². The molecule has 1 aliphatic heterocycles. The van der Waals surface area contributed by atoms with Gasteiger partial charge in [-0.1, -0.05) is 6.07 Å². The van der Waals surface area contributed by atoms with Crippen molar-refractivity contribution in [2.45, 2.75) is 25.8 Å². The zero-order valence-electron chi connectivity index (χ0n) is 8.92. The van der Waals surface area contributed by atoms with E-state index in [1.54, 1.807) is 6.07 Å². The Kier molecular flexibility index (Phi) is 3.52. The van der Waals surface area contributed by atoms with Gasteiger partial charge in [-0.15, -0.1) is 0 Å². The largest absolute Gasteiger partial charge is 0.381 e. The van der Waals surface area contributed by atoms with Crippen molar-refractivity contribution in [1.29, 1.82) is 0 Å². The van der Waals surface area contributed by atoms with E-state index >= 15 is 0 Å². The van der Waals surface area contributed by atoms with Gasteiger partial charge in [0.25, 0.3) is 0 Å². The van der Waals surface area contributed by atoms with Crippen molar-refractivity contribution in [3.05, 3.63) is 29.6 Å². The third kappa shape index (κ3) is 2.65. The standard InChI is InChI=1S/C12H16FNS/c1-9-11(13)5-2-6-12(9)14-10-4-3-7-15-8-10/h2,5-6,10,14H,3-4,7-8H2,1H3/t10-/m0/s1. The molecule has 1 atom stereocenters. The molecule has 82 valence electrons. The van der Waals surface area contributed by atoms with Crippen LogP contribution in [0.15, 0.2) is 18.2 Å². The summed E-state index contributed by atoms with van der Waals surface area (Å²) in [7, 11) is 0. The van der Waals surface area contributed by atoms with Crippen LogP contribution >= 0.6 is 11.8 Å². The monoisotopic (exact) mass is 225 g/mol. The van der Waals surface area contributed by atoms with Gasteiger partial charge in [0, 0.05) is 23.0 Å². The highest BCUT2D eigenvalue weighted by molar-refractivity contribution is 7.99. The number of hydrogen-bond acceptors (Lipinski definition) is 2. The average Bonchev–Trinajstić information content (AvgIpc) is 2.26. The summed E-state index contributed by atoms with van der Waals surface area (Å²) in [5.74, 6) is 2.28. The van der Waals surface area contributed by atoms with Gasteiger partial charge in [0.05, 0.1) is 0 Å². The summed E-state index contributed by atoms with van der Waals surface area (Å²) in [5.41, 5.74) is 1.68. The highest BCUT2D eigenvalue weighted by atomic mass is 32.2. The molecular weight excluding hydrogens is 209 g/mol. The molecule has 0 saturated carbocycles. The first-order valence-corrected chi connectivity index (χ1v) is 6.52. The second kappa shape index (κ2) is 4.88. The van der Waals surface area contributed by atoms with Crippen LogP contribution in [0.5, 0.6) is 0 Å². The number of benzene rings is 1. The molecule has 0 aromatic heterocycles. The lowest BCUT2D eigenvalue weighted by molar-refractivity contribution is 0.617. The van der Waals surface area contributed by atoms with Crippen molar-refractivity contribution < 1.29 is 4.39 Å². The molecule has 0 unspecified atom stereocenters. The quantitative estimate of drug-likeness (QED) is 0.827. The molecule has 1 fully saturated rings. The summed E-state index contributed by atoms with van der Waals surface area (Å²) >= 11 is 1.98. The highest BCUT2D eigenvalue weighted by Gasteiger charge is 2.14. The number of hydrogen-bond donors (Lipinski definition) is 1. The highest BCUT2D eigenvalue weighted by Crippen LogP contribution is 2.23. The Balaban J connectivity index is 2.06. The zero-order chi connectivity index (χ0) is 10.7. The number of anilines is 1. The maximum atomic E-state index is 13.3. The van der Waals surface area contributed by atoms with Gasteiger partial charge in [-0.25, -0.2) is 4.39 Å². The molecule has 0 bridgehead atoms. The van der Waals surface area contributed by atoms with Crippen LogP contribution in [0.4, 0.5) is 10.1 Å². The smallest absolute Gasteiger partial charge is 0.128 e. The Bertz CT molecular complexity index is 334. The molecule has 15 heavy (non-hydrogen) atoms. The maximum Gasteiger partial charge on any atom is 0.128 e. The van der Waals surface area contributed by atoms with Gasteiger partial charge >= 0.3 is 0 Å². The Morgan fingerprint density at radius 1 is 1.47 bits per heavy atom. The fraction of sp³-hybridized carbons (Fsp3) is 0.500. The molecule has 1 aromatic carbocycles. The maximum absolute atomic E-state index is 13.3. The Morgan fingerprint density at radius 2 is 2.33 bits per heavy atom. The fourth-order valence-corrected chi connectivity index (χ4v) is 2.91. The van der Waals surface area contributed by atoms with Crippen LogP contribution in [0.1, 0.15) is 18.4 Å². The van der Waals surface area contributed by atoms with E-state index in [-0.39, 0.29) is 5.82 Å². The first-order valence-electron chi connectivity index (χ1n) is 5.37. The molecule has 2 rings (SSSR count). The van der Waals surface area contributed by atoms with Gasteiger partial charge in [-0.05, 0) is 37.7 Å². The van der Waals surface area contributed by atoms with Crippen molar-refractivity contribution in [1.82, 2.24) is 0 Å². The minimum absolute atomic E-state index is 0.122. The number of rotatable bonds is 2. The molecule has 1 heterocycles. The fourth-order valence-electron chi connectivity index (χ4n) is 1.84. The molecule has 1 nitrogen and oxygen atoms in total. The van der Waals surface area contributed by atoms with Gasteiger partial charge in [0.2, 0.25) is 0 Å². The lowest BCUT2D eigenvalue weighted by Gasteiger charge is -2.24. The van der Waals surface area contributed by atoms with E-state index in [1.807, 2.05) is 24.8 Å². The van der Waals surface area contributed by atoms with E-state index in [2.05, 4.69) is 5.32 Å². The molecule has 3 heteroatoms. The van der Waals surface area contributed by atoms with Crippen LogP contribution < -0.4 is 5.32 Å². The number of nitrogens with one attached hydrogen (secondary N) is 1. The summed E-state index contributed by atoms with van der Waals surface area (Å²) in [4.78, 5) is 0. The predicted molar refractivity (Wildman–Crippen MR) is 65.1 cm³/mol. The SMILES string of the molecule is Cc1c(F)cccc1N[C@H]1CCCSC1. The first-order chi connectivity index (χ1) is 7.27. The van der Waals surface area contributed by atoms with Crippen molar-refractivity contribution in [2.75, 3.05) is 16.8 Å². The Hall–Kier alpha value is -0.700. The third-order valence-corrected chi connectivity index (χ3v) is 4.00. The zero-order valence-corrected chi connectivity index (χ0v) is 9.74.